The molecule has 4 aliphatic heterocycles. The number of hydrogen-bond acceptors (Lipinski definition) is 11. The molecule has 4 aromatic rings. The van der Waals surface area contributed by atoms with Crippen LogP contribution in [0.25, 0.3) is 0 Å². The van der Waals surface area contributed by atoms with Gasteiger partial charge in [0.25, 0.3) is 0 Å². The average Bonchev–Trinajstić information content (AvgIpc) is 1.51. The van der Waals surface area contributed by atoms with Gasteiger partial charge in [-0.1, -0.05) is 114 Å². The number of aliphatic carboxylic acids is 1. The smallest absolute Gasteiger partial charge is 0.307 e. The Morgan fingerprint density at radius 1 is 0.609 bits per heavy atom. The van der Waals surface area contributed by atoms with Crippen molar-refractivity contribution in [1.82, 2.24) is 9.97 Å². The van der Waals surface area contributed by atoms with E-state index in [4.69, 9.17) is 61.6 Å². The van der Waals surface area contributed by atoms with Crippen LogP contribution >= 0.6 is 58.8 Å². The Morgan fingerprint density at radius 2 is 1.02 bits per heavy atom. The van der Waals surface area contributed by atoms with Gasteiger partial charge in [-0.3, -0.25) is 28.8 Å². The summed E-state index contributed by atoms with van der Waals surface area (Å²) in [5, 5.41) is 16.8. The van der Waals surface area contributed by atoms with E-state index < -0.39 is 69.0 Å². The zero-order valence-electron chi connectivity index (χ0n) is 53.8. The molecule has 12 rings (SSSR count). The first-order chi connectivity index (χ1) is 42.9. The number of hydrogen-bond donors (Lipinski definition) is 4. The van der Waals surface area contributed by atoms with Gasteiger partial charge in [-0.25, -0.2) is 18.7 Å². The van der Waals surface area contributed by atoms with Crippen LogP contribution < -0.4 is 16.4 Å². The number of carbonyl (C=O) groups is 6. The fourth-order valence-electron chi connectivity index (χ4n) is 17.5. The predicted molar refractivity (Wildman–Crippen MR) is 356 cm³/mol. The third kappa shape index (κ3) is 13.3. The highest BCUT2D eigenvalue weighted by molar-refractivity contribution is 6.32. The van der Waals surface area contributed by atoms with Crippen LogP contribution in [0.5, 0.6) is 0 Å². The zero-order valence-corrected chi connectivity index (χ0v) is 57.7. The lowest BCUT2D eigenvalue weighted by Crippen LogP contribution is -2.52. The second-order valence-electron chi connectivity index (χ2n) is 29.9. The van der Waals surface area contributed by atoms with E-state index >= 15 is 8.78 Å². The lowest BCUT2D eigenvalue weighted by atomic mass is 9.51. The SMILES string of the molecule is CC(C)CC(=O)[C@@H]1CC[C@@H](CC(=O)[C@@H]2CC3(CCC(C)(C)CC3)[C@@]3(C(=O)Nc4cc(Cl)ccc43)[C@H]2c2ccnc(Cl)c2F)CO1.CC(C)CC(=O)[C@@H]1CC[C@@H](N)CO1.CC1(C)CCC2(CC1)C[C@@H](C(=O)O)[C@H](c1ccnc(Cl)c1F)C21C(=O)Nc2cc(Cl)ccc21.Cl. The summed E-state index contributed by atoms with van der Waals surface area (Å²) in [5.41, 5.74) is 5.23. The number of nitrogens with zero attached hydrogens (tertiary/aromatic N) is 2. The highest BCUT2D eigenvalue weighted by Crippen LogP contribution is 2.74. The van der Waals surface area contributed by atoms with Crippen LogP contribution in [-0.2, 0) is 49.1 Å². The maximum absolute atomic E-state index is 16.1. The predicted octanol–water partition coefficient (Wildman–Crippen LogP) is 16.2. The summed E-state index contributed by atoms with van der Waals surface area (Å²) in [6.45, 7) is 17.9. The molecule has 5 N–H and O–H groups in total. The number of carboxylic acids is 1. The Balaban J connectivity index is 0.000000186. The molecule has 0 bridgehead atoms. The van der Waals surface area contributed by atoms with Crippen LogP contribution in [0.3, 0.4) is 0 Å². The number of ether oxygens (including phenoxy) is 2. The third-order valence-corrected chi connectivity index (χ3v) is 23.0. The standard InChI is InChI=1S/C36H43Cl2FN2O4.C25H25Cl2FN2O3.C10H19NO2.ClH/c1-20(2)15-28(43)29-8-5-21(19-45-29)16-27(42)24-18-35(12-10-34(3,4)11-13-35)36(30(24)23-9-14-40-32(38)31(23)39)25-7-6-22(37)17-26(25)41-33(36)44;1-23(2)6-8-24(9-7-23)12-15(21(31)32)18(14-5-10-29-20(27)19(14)28)25(24)16-4-3-13(26)11-17(16)30-22(25)33;1-7(2)5-9(12)10-4-3-8(11)6-13-10;/h6-7,9,14,17,20-21,24,29-30H,5,8,10-13,15-16,18-19H2,1-4H3,(H,41,44);3-5,10-11,15,18H,6-9,12H2,1-2H3,(H,30,33)(H,31,32);7-8,10H,3-6,11H2,1-2H3;1H/t21-,24-,29-,30-,36+;15-,18+,25?;8-,10+;/m011./s1. The fraction of sp³-hybridized carbons (Fsp3) is 0.606. The van der Waals surface area contributed by atoms with Gasteiger partial charge in [0.2, 0.25) is 11.8 Å². The van der Waals surface area contributed by atoms with E-state index in [0.717, 1.165) is 56.9 Å². The number of carbonyl (C=O) groups excluding carboxylic acids is 5. The summed E-state index contributed by atoms with van der Waals surface area (Å²) in [4.78, 5) is 87.8. The van der Waals surface area contributed by atoms with Gasteiger partial charge in [0, 0.05) is 76.9 Å². The normalized spacial score (nSPS) is 29.4. The van der Waals surface area contributed by atoms with Gasteiger partial charge in [0.1, 0.15) is 18.0 Å². The number of carboxylic acid groups (broad SMARTS) is 1. The van der Waals surface area contributed by atoms with Crippen molar-refractivity contribution in [1.29, 1.82) is 0 Å². The summed E-state index contributed by atoms with van der Waals surface area (Å²) in [5.74, 6) is -5.27. The van der Waals surface area contributed by atoms with Crippen LogP contribution in [-0.4, -0.2) is 81.7 Å². The molecule has 500 valence electrons. The zero-order chi connectivity index (χ0) is 65.9. The van der Waals surface area contributed by atoms with Gasteiger partial charge in [0.15, 0.2) is 33.5 Å². The van der Waals surface area contributed by atoms with Crippen LogP contribution in [0.15, 0.2) is 60.9 Å². The first-order valence-corrected chi connectivity index (χ1v) is 34.0. The maximum Gasteiger partial charge on any atom is 0.307 e. The molecule has 8 aliphatic rings. The second kappa shape index (κ2) is 27.8. The number of fused-ring (bicyclic) bond motifs is 6. The van der Waals surface area contributed by atoms with Crippen LogP contribution in [0.1, 0.15) is 199 Å². The van der Waals surface area contributed by atoms with Gasteiger partial charge >= 0.3 is 5.97 Å². The molecular formula is C71H88Cl5F2N5O9. The van der Waals surface area contributed by atoms with Crippen LogP contribution in [0.2, 0.25) is 20.4 Å². The molecule has 4 saturated carbocycles. The third-order valence-electron chi connectivity index (χ3n) is 22.0. The van der Waals surface area contributed by atoms with Crippen molar-refractivity contribution in [2.24, 2.45) is 57.0 Å². The average molecular weight is 1370 g/mol. The summed E-state index contributed by atoms with van der Waals surface area (Å²) >= 11 is 24.9. The topological polar surface area (TPSA) is 217 Å². The molecule has 2 aromatic carbocycles. The lowest BCUT2D eigenvalue weighted by molar-refractivity contribution is -0.142. The van der Waals surface area contributed by atoms with Crippen molar-refractivity contribution >= 4 is 105 Å². The number of nitrogens with two attached hydrogens (primary N) is 1. The van der Waals surface area contributed by atoms with Gasteiger partial charge in [0.05, 0.1) is 30.0 Å². The van der Waals surface area contributed by atoms with Gasteiger partial charge in [-0.05, 0) is 188 Å². The molecule has 14 nitrogen and oxygen atoms in total. The molecule has 2 aromatic heterocycles. The molecule has 4 spiro atoms. The van der Waals surface area contributed by atoms with Crippen molar-refractivity contribution in [3.05, 3.63) is 115 Å². The number of pyridine rings is 2. The Labute approximate surface area is 565 Å². The molecule has 4 aliphatic carbocycles. The van der Waals surface area contributed by atoms with E-state index in [1.165, 1.54) is 18.5 Å². The minimum absolute atomic E-state index is 0. The number of benzene rings is 2. The molecule has 92 heavy (non-hydrogen) atoms. The summed E-state index contributed by atoms with van der Waals surface area (Å²) in [6.07, 6.45) is 13.7. The van der Waals surface area contributed by atoms with Crippen molar-refractivity contribution in [2.75, 3.05) is 23.8 Å². The fourth-order valence-corrected chi connectivity index (χ4v) is 18.2. The molecule has 0 radical (unpaired) electrons. The summed E-state index contributed by atoms with van der Waals surface area (Å²) in [6, 6.07) is 13.8. The minimum atomic E-state index is -1.25. The molecule has 6 fully saturated rings. The summed E-state index contributed by atoms with van der Waals surface area (Å²) < 4.78 is 42.9. The number of aromatic nitrogens is 2. The van der Waals surface area contributed by atoms with Gasteiger partial charge < -0.3 is 30.9 Å². The lowest BCUT2D eigenvalue weighted by Gasteiger charge is -2.51. The number of nitrogens with one attached hydrogen (secondary N) is 2. The van der Waals surface area contributed by atoms with E-state index in [9.17, 15) is 33.9 Å². The first kappa shape index (κ1) is 71.6. The molecule has 2 amide bonds. The largest absolute Gasteiger partial charge is 0.481 e. The second-order valence-corrected chi connectivity index (χ2v) is 31.5. The van der Waals surface area contributed by atoms with Crippen molar-refractivity contribution in [3.63, 3.8) is 0 Å². The highest BCUT2D eigenvalue weighted by atomic mass is 35.5. The van der Waals surface area contributed by atoms with Crippen LogP contribution in [0, 0.1) is 62.9 Å². The number of rotatable bonds is 12. The number of amides is 2. The molecule has 2 saturated heterocycles. The molecule has 6 heterocycles. The Kier molecular flexibility index (Phi) is 21.7. The Hall–Kier alpha value is -4.65. The van der Waals surface area contributed by atoms with E-state index in [-0.39, 0.29) is 111 Å². The van der Waals surface area contributed by atoms with E-state index in [1.54, 1.807) is 36.4 Å². The molecular weight excluding hydrogens is 1280 g/mol. The first-order valence-electron chi connectivity index (χ1n) is 32.5. The van der Waals surface area contributed by atoms with Crippen molar-refractivity contribution in [3.8, 4) is 0 Å². The van der Waals surface area contributed by atoms with Gasteiger partial charge in [-0.15, -0.1) is 12.4 Å². The maximum atomic E-state index is 16.1. The quantitative estimate of drug-likeness (QED) is 0.0974. The Morgan fingerprint density at radius 3 is 1.41 bits per heavy atom. The van der Waals surface area contributed by atoms with Crippen LogP contribution in [0.4, 0.5) is 20.2 Å². The molecule has 10 atom stereocenters. The molecule has 1 unspecified atom stereocenters. The number of Topliss-reactive ketones (excluding diaryl/α,β-unsaturated/α-hetero) is 3. The number of halogens is 7. The van der Waals surface area contributed by atoms with Crippen molar-refractivity contribution in [2.45, 2.75) is 205 Å². The van der Waals surface area contributed by atoms with Gasteiger partial charge in [-0.2, -0.15) is 0 Å². The minimum Gasteiger partial charge on any atom is -0.481 e. The van der Waals surface area contributed by atoms with E-state index in [0.29, 0.717) is 91.1 Å². The van der Waals surface area contributed by atoms with Crippen molar-refractivity contribution < 1.29 is 52.1 Å². The molecule has 21 heteroatoms. The van der Waals surface area contributed by atoms with E-state index in [2.05, 4.69) is 48.3 Å². The monoisotopic (exact) mass is 1370 g/mol. The number of anilines is 2. The van der Waals surface area contributed by atoms with E-state index in [1.807, 2.05) is 33.8 Å². The summed E-state index contributed by atoms with van der Waals surface area (Å²) in [7, 11) is 0. The number of ketones is 3. The highest BCUT2D eigenvalue weighted by Gasteiger charge is 2.74. The Bertz CT molecular complexity index is 3460.